The van der Waals surface area contributed by atoms with E-state index in [0.29, 0.717) is 4.64 Å². The third-order valence-electron chi connectivity index (χ3n) is 2.98. The van der Waals surface area contributed by atoms with Gasteiger partial charge in [0.05, 0.1) is 6.33 Å². The molecule has 92 valence electrons. The van der Waals surface area contributed by atoms with Gasteiger partial charge in [0.15, 0.2) is 0 Å². The molecule has 3 heteroatoms. The number of rotatable bonds is 2. The Morgan fingerprint density at radius 1 is 0.789 bits per heavy atom. The van der Waals surface area contributed by atoms with E-state index < -0.39 is 0 Å². The summed E-state index contributed by atoms with van der Waals surface area (Å²) in [4.78, 5) is 7.10. The molecule has 0 amide bonds. The summed E-state index contributed by atoms with van der Waals surface area (Å²) < 4.78 is 0.598. The molecule has 1 heterocycles. The van der Waals surface area contributed by atoms with Crippen molar-refractivity contribution in [2.75, 3.05) is 0 Å². The highest BCUT2D eigenvalue weighted by Crippen LogP contribution is 2.23. The summed E-state index contributed by atoms with van der Waals surface area (Å²) in [7, 11) is 0. The van der Waals surface area contributed by atoms with Crippen molar-refractivity contribution in [1.29, 1.82) is 0 Å². The molecular formula is C16H12N2S. The molecular weight excluding hydrogens is 252 g/mol. The van der Waals surface area contributed by atoms with Crippen LogP contribution in [-0.2, 0) is 0 Å². The van der Waals surface area contributed by atoms with Crippen LogP contribution in [0.1, 0.15) is 0 Å². The lowest BCUT2D eigenvalue weighted by atomic mass is 10.0. The number of aromatic nitrogens is 2. The lowest BCUT2D eigenvalue weighted by Gasteiger charge is -2.04. The maximum atomic E-state index is 5.07. The molecule has 3 aromatic rings. The van der Waals surface area contributed by atoms with Crippen molar-refractivity contribution in [3.8, 4) is 22.4 Å². The topological polar surface area (TPSA) is 28.7 Å². The Morgan fingerprint density at radius 2 is 1.42 bits per heavy atom. The summed E-state index contributed by atoms with van der Waals surface area (Å²) in [6.07, 6.45) is 1.63. The SMILES string of the molecule is S=c1cc(-c2ccc(-c3ccccc3)cc2)[nH]cn1. The first-order valence-electron chi connectivity index (χ1n) is 6.03. The normalized spacial score (nSPS) is 10.3. The van der Waals surface area contributed by atoms with Gasteiger partial charge in [-0.3, -0.25) is 0 Å². The number of H-pyrrole nitrogens is 1. The van der Waals surface area contributed by atoms with Gasteiger partial charge >= 0.3 is 0 Å². The molecule has 2 aromatic carbocycles. The van der Waals surface area contributed by atoms with Gasteiger partial charge in [-0.25, -0.2) is 4.98 Å². The van der Waals surface area contributed by atoms with Crippen molar-refractivity contribution in [1.82, 2.24) is 9.97 Å². The Balaban J connectivity index is 1.98. The first-order chi connectivity index (χ1) is 9.33. The fourth-order valence-corrected chi connectivity index (χ4v) is 2.18. The Labute approximate surface area is 116 Å². The van der Waals surface area contributed by atoms with Gasteiger partial charge in [-0.2, -0.15) is 0 Å². The molecule has 0 atom stereocenters. The molecule has 0 saturated heterocycles. The summed E-state index contributed by atoms with van der Waals surface area (Å²) in [6.45, 7) is 0. The molecule has 0 radical (unpaired) electrons. The standard InChI is InChI=1S/C16H12N2S/c19-16-10-15(17-11-18-16)14-8-6-13(7-9-14)12-4-2-1-3-5-12/h1-11H,(H,17,18,19). The van der Waals surface area contributed by atoms with Gasteiger partial charge in [0.25, 0.3) is 0 Å². The fourth-order valence-electron chi connectivity index (χ4n) is 2.01. The average molecular weight is 264 g/mol. The Morgan fingerprint density at radius 3 is 2.11 bits per heavy atom. The summed E-state index contributed by atoms with van der Waals surface area (Å²) in [5.74, 6) is 0. The number of benzene rings is 2. The zero-order valence-electron chi connectivity index (χ0n) is 10.2. The van der Waals surface area contributed by atoms with Gasteiger partial charge in [0.2, 0.25) is 0 Å². The maximum absolute atomic E-state index is 5.07. The smallest absolute Gasteiger partial charge is 0.130 e. The van der Waals surface area contributed by atoms with E-state index in [1.54, 1.807) is 6.33 Å². The first kappa shape index (κ1) is 11.8. The lowest BCUT2D eigenvalue weighted by molar-refractivity contribution is 1.16. The van der Waals surface area contributed by atoms with Crippen molar-refractivity contribution >= 4 is 12.2 Å². The molecule has 1 aromatic heterocycles. The van der Waals surface area contributed by atoms with E-state index in [1.165, 1.54) is 11.1 Å². The molecule has 0 aliphatic carbocycles. The van der Waals surface area contributed by atoms with Crippen LogP contribution in [0.25, 0.3) is 22.4 Å². The van der Waals surface area contributed by atoms with E-state index in [2.05, 4.69) is 46.4 Å². The minimum absolute atomic E-state index is 0.598. The summed E-state index contributed by atoms with van der Waals surface area (Å²) in [5, 5.41) is 0. The largest absolute Gasteiger partial charge is 0.346 e. The monoisotopic (exact) mass is 264 g/mol. The highest BCUT2D eigenvalue weighted by Gasteiger charge is 2.00. The highest BCUT2D eigenvalue weighted by molar-refractivity contribution is 7.71. The quantitative estimate of drug-likeness (QED) is 0.692. The third kappa shape index (κ3) is 2.61. The second kappa shape index (κ2) is 5.16. The molecule has 0 unspecified atom stereocenters. The molecule has 3 rings (SSSR count). The molecule has 19 heavy (non-hydrogen) atoms. The summed E-state index contributed by atoms with van der Waals surface area (Å²) >= 11 is 5.07. The van der Waals surface area contributed by atoms with E-state index in [0.717, 1.165) is 11.3 Å². The minimum Gasteiger partial charge on any atom is -0.346 e. The van der Waals surface area contributed by atoms with E-state index >= 15 is 0 Å². The van der Waals surface area contributed by atoms with Crippen molar-refractivity contribution in [3.05, 3.63) is 71.6 Å². The van der Waals surface area contributed by atoms with E-state index in [-0.39, 0.29) is 0 Å². The van der Waals surface area contributed by atoms with Crippen LogP contribution in [-0.4, -0.2) is 9.97 Å². The third-order valence-corrected chi connectivity index (χ3v) is 3.21. The van der Waals surface area contributed by atoms with E-state index in [1.807, 2.05) is 24.3 Å². The lowest BCUT2D eigenvalue weighted by Crippen LogP contribution is -1.85. The first-order valence-corrected chi connectivity index (χ1v) is 6.44. The van der Waals surface area contributed by atoms with Gasteiger partial charge in [0, 0.05) is 5.69 Å². The summed E-state index contributed by atoms with van der Waals surface area (Å²) in [6, 6.07) is 20.6. The van der Waals surface area contributed by atoms with Gasteiger partial charge in [-0.05, 0) is 22.8 Å². The van der Waals surface area contributed by atoms with Crippen LogP contribution in [0.2, 0.25) is 0 Å². The Hall–Kier alpha value is -2.26. The number of nitrogens with zero attached hydrogens (tertiary/aromatic N) is 1. The average Bonchev–Trinajstić information content (AvgIpc) is 2.48. The predicted molar refractivity (Wildman–Crippen MR) is 80.3 cm³/mol. The van der Waals surface area contributed by atoms with Crippen LogP contribution in [0, 0.1) is 4.64 Å². The molecule has 0 bridgehead atoms. The van der Waals surface area contributed by atoms with Gasteiger partial charge < -0.3 is 4.98 Å². The Bertz CT molecular complexity index is 730. The Kier molecular flexibility index (Phi) is 3.21. The number of hydrogen-bond acceptors (Lipinski definition) is 2. The molecule has 0 aliphatic rings. The minimum atomic E-state index is 0.598. The van der Waals surface area contributed by atoms with Crippen LogP contribution in [0.4, 0.5) is 0 Å². The second-order valence-electron chi connectivity index (χ2n) is 4.24. The summed E-state index contributed by atoms with van der Waals surface area (Å²) in [5.41, 5.74) is 4.52. The zero-order valence-corrected chi connectivity index (χ0v) is 11.0. The molecule has 2 nitrogen and oxygen atoms in total. The second-order valence-corrected chi connectivity index (χ2v) is 4.66. The van der Waals surface area contributed by atoms with Crippen LogP contribution in [0.15, 0.2) is 67.0 Å². The number of hydrogen-bond donors (Lipinski definition) is 1. The van der Waals surface area contributed by atoms with Crippen molar-refractivity contribution in [3.63, 3.8) is 0 Å². The molecule has 0 spiro atoms. The molecule has 0 fully saturated rings. The van der Waals surface area contributed by atoms with E-state index in [4.69, 9.17) is 12.2 Å². The highest BCUT2D eigenvalue weighted by atomic mass is 32.1. The van der Waals surface area contributed by atoms with Gasteiger partial charge in [0.1, 0.15) is 4.64 Å². The number of nitrogens with one attached hydrogen (secondary N) is 1. The van der Waals surface area contributed by atoms with Crippen molar-refractivity contribution in [2.45, 2.75) is 0 Å². The zero-order chi connectivity index (χ0) is 13.1. The van der Waals surface area contributed by atoms with E-state index in [9.17, 15) is 0 Å². The van der Waals surface area contributed by atoms with Gasteiger partial charge in [-0.15, -0.1) is 0 Å². The van der Waals surface area contributed by atoms with Crippen LogP contribution in [0.3, 0.4) is 0 Å². The van der Waals surface area contributed by atoms with Gasteiger partial charge in [-0.1, -0.05) is 66.8 Å². The van der Waals surface area contributed by atoms with Crippen molar-refractivity contribution < 1.29 is 0 Å². The molecule has 1 N–H and O–H groups in total. The molecule has 0 aliphatic heterocycles. The number of aromatic amines is 1. The fraction of sp³-hybridized carbons (Fsp3) is 0. The van der Waals surface area contributed by atoms with Crippen LogP contribution < -0.4 is 0 Å². The maximum Gasteiger partial charge on any atom is 0.130 e. The molecule has 0 saturated carbocycles. The van der Waals surface area contributed by atoms with Crippen molar-refractivity contribution in [2.24, 2.45) is 0 Å². The van der Waals surface area contributed by atoms with Crippen LogP contribution in [0.5, 0.6) is 0 Å². The predicted octanol–water partition coefficient (Wildman–Crippen LogP) is 4.47. The van der Waals surface area contributed by atoms with Crippen LogP contribution >= 0.6 is 12.2 Å².